The van der Waals surface area contributed by atoms with Crippen LogP contribution in [0.3, 0.4) is 0 Å². The molecule has 2 N–H and O–H groups in total. The minimum Gasteiger partial charge on any atom is -0.508 e. The summed E-state index contributed by atoms with van der Waals surface area (Å²) < 4.78 is 0. The van der Waals surface area contributed by atoms with Crippen molar-refractivity contribution >= 4 is 0 Å². The number of hydrogen-bond acceptors (Lipinski definition) is 2. The fraction of sp³-hybridized carbons (Fsp3) is 0.250. The first-order chi connectivity index (χ1) is 4.34. The molecule has 2 nitrogen and oxygen atoms in total. The third-order valence-corrected chi connectivity index (χ3v) is 1.16. The second kappa shape index (κ2) is 3.90. The third kappa shape index (κ3) is 1.74. The van der Waals surface area contributed by atoms with Crippen LogP contribution in [0.1, 0.15) is 13.0 Å². The highest BCUT2D eigenvalue weighted by Gasteiger charge is 1.93. The monoisotopic (exact) mass is 140 g/mol. The number of benzene rings is 1. The molecule has 0 atom stereocenters. The SMILES string of the molecule is C.OCc1ccccc1O. The zero-order chi connectivity index (χ0) is 6.69. The second-order valence-electron chi connectivity index (χ2n) is 1.79. The van der Waals surface area contributed by atoms with Crippen molar-refractivity contribution in [3.8, 4) is 5.75 Å². The fourth-order valence-electron chi connectivity index (χ4n) is 0.645. The number of aromatic hydroxyl groups is 1. The second-order valence-corrected chi connectivity index (χ2v) is 1.79. The van der Waals surface area contributed by atoms with E-state index in [-0.39, 0.29) is 19.8 Å². The van der Waals surface area contributed by atoms with Crippen LogP contribution in [-0.4, -0.2) is 10.2 Å². The van der Waals surface area contributed by atoms with E-state index in [1.807, 2.05) is 0 Å². The van der Waals surface area contributed by atoms with Crippen LogP contribution in [0.5, 0.6) is 5.75 Å². The van der Waals surface area contributed by atoms with Gasteiger partial charge >= 0.3 is 0 Å². The van der Waals surface area contributed by atoms with E-state index in [1.54, 1.807) is 24.3 Å². The zero-order valence-electron chi connectivity index (χ0n) is 4.91. The molecule has 1 aromatic rings. The Balaban J connectivity index is 0.000000810. The molecule has 0 fully saturated rings. The first kappa shape index (κ1) is 8.98. The number of para-hydroxylation sites is 1. The van der Waals surface area contributed by atoms with E-state index in [4.69, 9.17) is 10.2 Å². The Morgan fingerprint density at radius 1 is 1.20 bits per heavy atom. The largest absolute Gasteiger partial charge is 0.508 e. The maximum Gasteiger partial charge on any atom is 0.121 e. The van der Waals surface area contributed by atoms with Gasteiger partial charge in [0.25, 0.3) is 0 Å². The van der Waals surface area contributed by atoms with Gasteiger partial charge in [-0.15, -0.1) is 0 Å². The Kier molecular flexibility index (Phi) is 3.51. The predicted molar refractivity (Wildman–Crippen MR) is 40.8 cm³/mol. The zero-order valence-corrected chi connectivity index (χ0v) is 4.91. The molecule has 0 unspecified atom stereocenters. The van der Waals surface area contributed by atoms with Crippen molar-refractivity contribution in [3.63, 3.8) is 0 Å². The molecular formula is C8H12O2. The number of phenols is 1. The lowest BCUT2D eigenvalue weighted by atomic mass is 10.2. The molecule has 1 aromatic carbocycles. The van der Waals surface area contributed by atoms with E-state index < -0.39 is 0 Å². The van der Waals surface area contributed by atoms with Gasteiger partial charge in [0.15, 0.2) is 0 Å². The van der Waals surface area contributed by atoms with Gasteiger partial charge in [0, 0.05) is 5.56 Å². The molecule has 0 aliphatic rings. The van der Waals surface area contributed by atoms with E-state index in [0.717, 1.165) is 0 Å². The maximum absolute atomic E-state index is 8.95. The molecule has 2 heteroatoms. The van der Waals surface area contributed by atoms with Crippen molar-refractivity contribution in [1.82, 2.24) is 0 Å². The molecule has 0 amide bonds. The van der Waals surface area contributed by atoms with Gasteiger partial charge < -0.3 is 10.2 Å². The molecular weight excluding hydrogens is 128 g/mol. The molecule has 0 heterocycles. The van der Waals surface area contributed by atoms with Gasteiger partial charge in [-0.25, -0.2) is 0 Å². The highest BCUT2D eigenvalue weighted by atomic mass is 16.3. The molecule has 1 rings (SSSR count). The highest BCUT2D eigenvalue weighted by molar-refractivity contribution is 5.30. The Bertz CT molecular complexity index is 196. The van der Waals surface area contributed by atoms with Crippen LogP contribution in [0, 0.1) is 0 Å². The normalized spacial score (nSPS) is 8.50. The van der Waals surface area contributed by atoms with Crippen LogP contribution in [-0.2, 0) is 6.61 Å². The fourth-order valence-corrected chi connectivity index (χ4v) is 0.645. The van der Waals surface area contributed by atoms with Gasteiger partial charge in [-0.1, -0.05) is 25.6 Å². The van der Waals surface area contributed by atoms with Crippen molar-refractivity contribution in [2.24, 2.45) is 0 Å². The van der Waals surface area contributed by atoms with Crippen molar-refractivity contribution in [3.05, 3.63) is 29.8 Å². The Labute approximate surface area is 60.8 Å². The van der Waals surface area contributed by atoms with Gasteiger partial charge in [0.2, 0.25) is 0 Å². The summed E-state index contributed by atoms with van der Waals surface area (Å²) in [6, 6.07) is 6.71. The van der Waals surface area contributed by atoms with E-state index >= 15 is 0 Å². The van der Waals surface area contributed by atoms with E-state index in [1.165, 1.54) is 0 Å². The summed E-state index contributed by atoms with van der Waals surface area (Å²) in [6.07, 6.45) is 0. The summed E-state index contributed by atoms with van der Waals surface area (Å²) in [4.78, 5) is 0. The molecule has 10 heavy (non-hydrogen) atoms. The number of rotatable bonds is 1. The van der Waals surface area contributed by atoms with Crippen molar-refractivity contribution < 1.29 is 10.2 Å². The van der Waals surface area contributed by atoms with Crippen LogP contribution < -0.4 is 0 Å². The van der Waals surface area contributed by atoms with Crippen LogP contribution in [0.15, 0.2) is 24.3 Å². The standard InChI is InChI=1S/C7H8O2.CH4/c8-5-6-3-1-2-4-7(6)9;/h1-4,8-9H,5H2;1H4. The van der Waals surface area contributed by atoms with Gasteiger partial charge in [0.1, 0.15) is 5.75 Å². The van der Waals surface area contributed by atoms with Crippen molar-refractivity contribution in [2.75, 3.05) is 0 Å². The summed E-state index contributed by atoms with van der Waals surface area (Å²) in [5.41, 5.74) is 0.567. The molecule has 0 radical (unpaired) electrons. The average Bonchev–Trinajstić information content (AvgIpc) is 1.89. The van der Waals surface area contributed by atoms with Crippen molar-refractivity contribution in [1.29, 1.82) is 0 Å². The molecule has 0 saturated heterocycles. The lowest BCUT2D eigenvalue weighted by Gasteiger charge is -1.96. The molecule has 0 aliphatic carbocycles. The molecule has 56 valence electrons. The Hall–Kier alpha value is -1.02. The quantitative estimate of drug-likeness (QED) is 0.621. The number of hydrogen-bond donors (Lipinski definition) is 2. The summed E-state index contributed by atoms with van der Waals surface area (Å²) in [5.74, 6) is 0.153. The molecule has 0 spiro atoms. The topological polar surface area (TPSA) is 40.5 Å². The minimum atomic E-state index is -0.104. The maximum atomic E-state index is 8.95. The van der Waals surface area contributed by atoms with Crippen LogP contribution >= 0.6 is 0 Å². The van der Waals surface area contributed by atoms with Crippen LogP contribution in [0.4, 0.5) is 0 Å². The van der Waals surface area contributed by atoms with Gasteiger partial charge in [0.05, 0.1) is 6.61 Å². The molecule has 0 aromatic heterocycles. The number of aliphatic hydroxyl groups is 1. The molecule has 0 aliphatic heterocycles. The first-order valence-electron chi connectivity index (χ1n) is 2.72. The Morgan fingerprint density at radius 3 is 2.20 bits per heavy atom. The third-order valence-electron chi connectivity index (χ3n) is 1.16. The summed E-state index contributed by atoms with van der Waals surface area (Å²) in [5, 5.41) is 17.5. The highest BCUT2D eigenvalue weighted by Crippen LogP contribution is 2.14. The van der Waals surface area contributed by atoms with Gasteiger partial charge in [-0.2, -0.15) is 0 Å². The average molecular weight is 140 g/mol. The summed E-state index contributed by atoms with van der Waals surface area (Å²) in [7, 11) is 0. The lowest BCUT2D eigenvalue weighted by molar-refractivity contribution is 0.275. The first-order valence-corrected chi connectivity index (χ1v) is 2.72. The van der Waals surface area contributed by atoms with Crippen LogP contribution in [0.2, 0.25) is 0 Å². The van der Waals surface area contributed by atoms with Gasteiger partial charge in [-0.3, -0.25) is 0 Å². The smallest absolute Gasteiger partial charge is 0.121 e. The Morgan fingerprint density at radius 2 is 1.80 bits per heavy atom. The van der Waals surface area contributed by atoms with Crippen LogP contribution in [0.25, 0.3) is 0 Å². The summed E-state index contributed by atoms with van der Waals surface area (Å²) >= 11 is 0. The molecule has 0 bridgehead atoms. The minimum absolute atomic E-state index is 0. The summed E-state index contributed by atoms with van der Waals surface area (Å²) in [6.45, 7) is -0.104. The van der Waals surface area contributed by atoms with E-state index in [2.05, 4.69) is 0 Å². The molecule has 0 saturated carbocycles. The van der Waals surface area contributed by atoms with E-state index in [0.29, 0.717) is 5.56 Å². The lowest BCUT2D eigenvalue weighted by Crippen LogP contribution is -1.80. The van der Waals surface area contributed by atoms with Crippen molar-refractivity contribution in [2.45, 2.75) is 14.0 Å². The van der Waals surface area contributed by atoms with E-state index in [9.17, 15) is 0 Å². The number of aliphatic hydroxyl groups excluding tert-OH is 1. The van der Waals surface area contributed by atoms with Gasteiger partial charge in [-0.05, 0) is 6.07 Å². The predicted octanol–water partition coefficient (Wildman–Crippen LogP) is 1.52.